The van der Waals surface area contributed by atoms with E-state index in [-0.39, 0.29) is 17.7 Å². The molecule has 1 amide bonds. The minimum Gasteiger partial charge on any atom is -0.481 e. The molecule has 0 unspecified atom stereocenters. The van der Waals surface area contributed by atoms with Crippen LogP contribution in [0.5, 0.6) is 0 Å². The molecular weight excluding hydrogens is 170 g/mol. The average molecular weight is 183 g/mol. The quantitative estimate of drug-likeness (QED) is 0.631. The number of carboxylic acid groups (broad SMARTS) is 1. The second-order valence-corrected chi connectivity index (χ2v) is 4.03. The Bertz CT molecular complexity index is 252. The maximum absolute atomic E-state index is 11.0. The lowest BCUT2D eigenvalue weighted by molar-refractivity contribution is -0.149. The van der Waals surface area contributed by atoms with Crippen LogP contribution in [0.2, 0.25) is 0 Å². The van der Waals surface area contributed by atoms with Gasteiger partial charge in [-0.3, -0.25) is 9.59 Å². The molecule has 4 nitrogen and oxygen atoms in total. The third kappa shape index (κ3) is 1.20. The van der Waals surface area contributed by atoms with Crippen LogP contribution < -0.4 is 0 Å². The van der Waals surface area contributed by atoms with E-state index in [1.54, 1.807) is 11.8 Å². The largest absolute Gasteiger partial charge is 0.481 e. The number of nitrogens with zero attached hydrogens (tertiary/aromatic N) is 1. The first-order valence-corrected chi connectivity index (χ1v) is 4.58. The van der Waals surface area contributed by atoms with Crippen LogP contribution in [-0.4, -0.2) is 35.0 Å². The molecule has 2 rings (SSSR count). The molecule has 1 N–H and O–H groups in total. The molecule has 0 radical (unpaired) electrons. The Morgan fingerprint density at radius 3 is 2.62 bits per heavy atom. The number of carbonyl (C=O) groups excluding carboxylic acids is 1. The van der Waals surface area contributed by atoms with Crippen molar-refractivity contribution in [2.75, 3.05) is 13.1 Å². The fraction of sp³-hybridized carbons (Fsp3) is 0.778. The van der Waals surface area contributed by atoms with Crippen LogP contribution in [0, 0.1) is 17.8 Å². The van der Waals surface area contributed by atoms with Crippen molar-refractivity contribution in [2.24, 2.45) is 17.8 Å². The second-order valence-electron chi connectivity index (χ2n) is 4.03. The molecule has 72 valence electrons. The lowest BCUT2D eigenvalue weighted by Crippen LogP contribution is -2.40. The van der Waals surface area contributed by atoms with Gasteiger partial charge in [0.25, 0.3) is 0 Å². The van der Waals surface area contributed by atoms with E-state index >= 15 is 0 Å². The maximum Gasteiger partial charge on any atom is 0.306 e. The Kier molecular flexibility index (Phi) is 1.78. The van der Waals surface area contributed by atoms with Gasteiger partial charge in [0, 0.05) is 20.0 Å². The van der Waals surface area contributed by atoms with Gasteiger partial charge in [0.05, 0.1) is 5.92 Å². The molecule has 13 heavy (non-hydrogen) atoms. The molecule has 1 saturated heterocycles. The van der Waals surface area contributed by atoms with Crippen molar-refractivity contribution in [2.45, 2.75) is 13.3 Å². The Morgan fingerprint density at radius 2 is 2.08 bits per heavy atom. The summed E-state index contributed by atoms with van der Waals surface area (Å²) >= 11 is 0. The molecule has 1 aliphatic heterocycles. The molecule has 0 aromatic carbocycles. The first kappa shape index (κ1) is 8.53. The second kappa shape index (κ2) is 2.72. The molecule has 4 heteroatoms. The van der Waals surface area contributed by atoms with Crippen LogP contribution in [0.15, 0.2) is 0 Å². The lowest BCUT2D eigenvalue weighted by Gasteiger charge is -2.35. The number of hydrogen-bond acceptors (Lipinski definition) is 2. The van der Waals surface area contributed by atoms with Gasteiger partial charge < -0.3 is 10.0 Å². The van der Waals surface area contributed by atoms with E-state index in [4.69, 9.17) is 5.11 Å². The number of fused-ring (bicyclic) bond motifs is 1. The predicted molar refractivity (Wildman–Crippen MR) is 45.0 cm³/mol. The molecule has 1 aliphatic carbocycles. The molecule has 1 saturated carbocycles. The molecule has 1 heterocycles. The summed E-state index contributed by atoms with van der Waals surface area (Å²) in [5.41, 5.74) is 0. The minimum atomic E-state index is -0.702. The highest BCUT2D eigenvalue weighted by Gasteiger charge is 2.50. The third-order valence-corrected chi connectivity index (χ3v) is 3.33. The number of likely N-dealkylation sites (tertiary alicyclic amines) is 1. The van der Waals surface area contributed by atoms with E-state index in [0.29, 0.717) is 12.5 Å². The SMILES string of the molecule is CC(=O)N1C[C@@H]2C[C@H](C(=O)O)[C@@H]2C1. The van der Waals surface area contributed by atoms with E-state index in [1.165, 1.54) is 0 Å². The van der Waals surface area contributed by atoms with Crippen molar-refractivity contribution >= 4 is 11.9 Å². The van der Waals surface area contributed by atoms with Crippen molar-refractivity contribution in [1.29, 1.82) is 0 Å². The average Bonchev–Trinajstić information content (AvgIpc) is 2.28. The van der Waals surface area contributed by atoms with E-state index < -0.39 is 5.97 Å². The standard InChI is InChI=1S/C9H13NO3/c1-5(11)10-3-6-2-7(9(12)13)8(6)4-10/h6-8H,2-4H2,1H3,(H,12,13)/t6-,7-,8+/m0/s1. The molecule has 0 spiro atoms. The first-order chi connectivity index (χ1) is 6.09. The summed E-state index contributed by atoms with van der Waals surface area (Å²) in [4.78, 5) is 23.5. The minimum absolute atomic E-state index is 0.0681. The zero-order valence-corrected chi connectivity index (χ0v) is 7.56. The van der Waals surface area contributed by atoms with Gasteiger partial charge >= 0.3 is 5.97 Å². The summed E-state index contributed by atoms with van der Waals surface area (Å²) in [6.07, 6.45) is 0.754. The summed E-state index contributed by atoms with van der Waals surface area (Å²) in [7, 11) is 0. The fourth-order valence-corrected chi connectivity index (χ4v) is 2.45. The highest BCUT2D eigenvalue weighted by molar-refractivity contribution is 5.75. The Balaban J connectivity index is 1.99. The van der Waals surface area contributed by atoms with Crippen LogP contribution in [0.25, 0.3) is 0 Å². The van der Waals surface area contributed by atoms with E-state index in [0.717, 1.165) is 13.0 Å². The fourth-order valence-electron chi connectivity index (χ4n) is 2.45. The van der Waals surface area contributed by atoms with Gasteiger partial charge in [0.1, 0.15) is 0 Å². The molecule has 0 bridgehead atoms. The number of carboxylic acids is 1. The summed E-state index contributed by atoms with van der Waals surface area (Å²) in [6.45, 7) is 2.96. The van der Waals surface area contributed by atoms with E-state index in [1.807, 2.05) is 0 Å². The third-order valence-electron chi connectivity index (χ3n) is 3.33. The van der Waals surface area contributed by atoms with Crippen LogP contribution in [-0.2, 0) is 9.59 Å². The van der Waals surface area contributed by atoms with Gasteiger partial charge in [-0.2, -0.15) is 0 Å². The monoisotopic (exact) mass is 183 g/mol. The van der Waals surface area contributed by atoms with Gasteiger partial charge in [0.15, 0.2) is 0 Å². The summed E-state index contributed by atoms with van der Waals surface area (Å²) in [6, 6.07) is 0. The molecule has 0 aromatic rings. The zero-order chi connectivity index (χ0) is 9.59. The molecular formula is C9H13NO3. The van der Waals surface area contributed by atoms with Gasteiger partial charge in [-0.15, -0.1) is 0 Å². The van der Waals surface area contributed by atoms with Gasteiger partial charge in [0.2, 0.25) is 5.91 Å². The predicted octanol–water partition coefficient (Wildman–Crippen LogP) is 0.185. The van der Waals surface area contributed by atoms with Crippen LogP contribution >= 0.6 is 0 Å². The molecule has 2 fully saturated rings. The first-order valence-electron chi connectivity index (χ1n) is 4.58. The van der Waals surface area contributed by atoms with Crippen molar-refractivity contribution < 1.29 is 14.7 Å². The lowest BCUT2D eigenvalue weighted by atomic mass is 9.67. The molecule has 3 atom stereocenters. The topological polar surface area (TPSA) is 57.6 Å². The number of carbonyl (C=O) groups is 2. The molecule has 2 aliphatic rings. The van der Waals surface area contributed by atoms with Crippen LogP contribution in [0.1, 0.15) is 13.3 Å². The van der Waals surface area contributed by atoms with Crippen molar-refractivity contribution in [1.82, 2.24) is 4.90 Å². The van der Waals surface area contributed by atoms with Gasteiger partial charge in [-0.05, 0) is 18.3 Å². The number of hydrogen-bond donors (Lipinski definition) is 1. The number of aliphatic carboxylic acids is 1. The number of rotatable bonds is 1. The maximum atomic E-state index is 11.0. The highest BCUT2D eigenvalue weighted by Crippen LogP contribution is 2.45. The van der Waals surface area contributed by atoms with Crippen molar-refractivity contribution in [3.8, 4) is 0 Å². The Hall–Kier alpha value is -1.06. The summed E-state index contributed by atoms with van der Waals surface area (Å²) in [5, 5.41) is 8.80. The zero-order valence-electron chi connectivity index (χ0n) is 7.56. The molecule has 0 aromatic heterocycles. The van der Waals surface area contributed by atoms with Crippen molar-refractivity contribution in [3.05, 3.63) is 0 Å². The van der Waals surface area contributed by atoms with Crippen LogP contribution in [0.4, 0.5) is 0 Å². The smallest absolute Gasteiger partial charge is 0.306 e. The highest BCUT2D eigenvalue weighted by atomic mass is 16.4. The van der Waals surface area contributed by atoms with Crippen molar-refractivity contribution in [3.63, 3.8) is 0 Å². The van der Waals surface area contributed by atoms with Gasteiger partial charge in [-0.25, -0.2) is 0 Å². The van der Waals surface area contributed by atoms with Gasteiger partial charge in [-0.1, -0.05) is 0 Å². The van der Waals surface area contributed by atoms with Crippen LogP contribution in [0.3, 0.4) is 0 Å². The Morgan fingerprint density at radius 1 is 1.38 bits per heavy atom. The normalized spacial score (nSPS) is 36.7. The summed E-state index contributed by atoms with van der Waals surface area (Å²) < 4.78 is 0. The number of amides is 1. The summed E-state index contributed by atoms with van der Waals surface area (Å²) in [5.74, 6) is -0.161. The Labute approximate surface area is 76.5 Å². The van der Waals surface area contributed by atoms with E-state index in [9.17, 15) is 9.59 Å². The van der Waals surface area contributed by atoms with E-state index in [2.05, 4.69) is 0 Å².